The van der Waals surface area contributed by atoms with Gasteiger partial charge in [-0.2, -0.15) is 0 Å². The van der Waals surface area contributed by atoms with E-state index in [4.69, 9.17) is 0 Å². The van der Waals surface area contributed by atoms with Gasteiger partial charge >= 0.3 is 0 Å². The van der Waals surface area contributed by atoms with E-state index in [1.165, 1.54) is 17.7 Å². The van der Waals surface area contributed by atoms with Crippen molar-refractivity contribution in [1.29, 1.82) is 0 Å². The minimum atomic E-state index is -0.201. The lowest BCUT2D eigenvalue weighted by Gasteiger charge is -2.00. The third-order valence-electron chi connectivity index (χ3n) is 3.36. The molecule has 0 spiro atoms. The van der Waals surface area contributed by atoms with E-state index < -0.39 is 0 Å². The van der Waals surface area contributed by atoms with Crippen molar-refractivity contribution in [1.82, 2.24) is 15.0 Å². The van der Waals surface area contributed by atoms with Crippen molar-refractivity contribution < 1.29 is 4.39 Å². The minimum Gasteiger partial charge on any atom is -0.248 e. The van der Waals surface area contributed by atoms with Gasteiger partial charge in [-0.15, -0.1) is 5.10 Å². The number of benzene rings is 2. The van der Waals surface area contributed by atoms with Crippen LogP contribution in [0.25, 0.3) is 0 Å². The van der Waals surface area contributed by atoms with Crippen LogP contribution in [-0.4, -0.2) is 15.0 Å². The fourth-order valence-electron chi connectivity index (χ4n) is 2.22. The second kappa shape index (κ2) is 6.31. The minimum absolute atomic E-state index is 0.201. The van der Waals surface area contributed by atoms with Crippen LogP contribution in [0.3, 0.4) is 0 Å². The molecule has 3 nitrogen and oxygen atoms in total. The lowest BCUT2D eigenvalue weighted by Crippen LogP contribution is -1.99. The summed E-state index contributed by atoms with van der Waals surface area (Å²) in [5.41, 5.74) is 3.26. The van der Waals surface area contributed by atoms with Gasteiger partial charge in [0.2, 0.25) is 0 Å². The van der Waals surface area contributed by atoms with Gasteiger partial charge in [-0.1, -0.05) is 47.7 Å². The van der Waals surface area contributed by atoms with Crippen LogP contribution < -0.4 is 0 Å². The third kappa shape index (κ3) is 3.75. The van der Waals surface area contributed by atoms with E-state index in [-0.39, 0.29) is 5.82 Å². The van der Waals surface area contributed by atoms with E-state index in [1.54, 1.807) is 0 Å². The molecule has 3 rings (SSSR count). The van der Waals surface area contributed by atoms with Gasteiger partial charge in [-0.25, -0.2) is 9.07 Å². The summed E-state index contributed by atoms with van der Waals surface area (Å²) in [5.74, 6) is -0.201. The molecule has 0 saturated heterocycles. The number of nitrogens with zero attached hydrogens (tertiary/aromatic N) is 3. The van der Waals surface area contributed by atoms with Crippen molar-refractivity contribution in [3.8, 4) is 0 Å². The lowest BCUT2D eigenvalue weighted by atomic mass is 10.1. The standard InChI is InChI=1S/C17H16FN3/c18-16-9-6-14(7-10-16)8-11-17-13-21(20-19-17)12-15-4-2-1-3-5-15/h1-7,9-10,13H,8,11-12H2. The highest BCUT2D eigenvalue weighted by atomic mass is 19.1. The molecule has 0 unspecified atom stereocenters. The Balaban J connectivity index is 1.59. The second-order valence-corrected chi connectivity index (χ2v) is 5.02. The van der Waals surface area contributed by atoms with Crippen molar-refractivity contribution in [2.45, 2.75) is 19.4 Å². The second-order valence-electron chi connectivity index (χ2n) is 5.02. The summed E-state index contributed by atoms with van der Waals surface area (Å²) >= 11 is 0. The normalized spacial score (nSPS) is 10.7. The van der Waals surface area contributed by atoms with Crippen molar-refractivity contribution in [3.63, 3.8) is 0 Å². The molecular formula is C17H16FN3. The Labute approximate surface area is 123 Å². The molecule has 0 N–H and O–H groups in total. The van der Waals surface area contributed by atoms with Crippen LogP contribution in [0, 0.1) is 5.82 Å². The summed E-state index contributed by atoms with van der Waals surface area (Å²) in [6.07, 6.45) is 3.61. The number of halogens is 1. The summed E-state index contributed by atoms with van der Waals surface area (Å²) in [6.45, 7) is 0.727. The largest absolute Gasteiger partial charge is 0.248 e. The van der Waals surface area contributed by atoms with E-state index in [2.05, 4.69) is 22.4 Å². The molecule has 2 aromatic carbocycles. The zero-order valence-electron chi connectivity index (χ0n) is 11.6. The van der Waals surface area contributed by atoms with E-state index in [1.807, 2.05) is 41.2 Å². The number of aryl methyl sites for hydroxylation is 2. The smallest absolute Gasteiger partial charge is 0.123 e. The fourth-order valence-corrected chi connectivity index (χ4v) is 2.22. The molecule has 0 aliphatic carbocycles. The first-order chi connectivity index (χ1) is 10.3. The molecule has 0 amide bonds. The molecule has 21 heavy (non-hydrogen) atoms. The maximum Gasteiger partial charge on any atom is 0.123 e. The monoisotopic (exact) mass is 281 g/mol. The predicted octanol–water partition coefficient (Wildman–Crippen LogP) is 3.25. The number of hydrogen-bond acceptors (Lipinski definition) is 2. The molecule has 0 fully saturated rings. The van der Waals surface area contributed by atoms with Crippen LogP contribution in [0.2, 0.25) is 0 Å². The molecule has 0 saturated carbocycles. The SMILES string of the molecule is Fc1ccc(CCc2cn(Cc3ccccc3)nn2)cc1. The van der Waals surface area contributed by atoms with Crippen molar-refractivity contribution >= 4 is 0 Å². The fraction of sp³-hybridized carbons (Fsp3) is 0.176. The molecule has 0 aliphatic heterocycles. The Morgan fingerprint density at radius 3 is 2.38 bits per heavy atom. The number of rotatable bonds is 5. The quantitative estimate of drug-likeness (QED) is 0.718. The predicted molar refractivity (Wildman–Crippen MR) is 79.4 cm³/mol. The van der Waals surface area contributed by atoms with Crippen molar-refractivity contribution in [3.05, 3.63) is 83.4 Å². The Hall–Kier alpha value is -2.49. The highest BCUT2D eigenvalue weighted by molar-refractivity contribution is 5.17. The molecule has 106 valence electrons. The molecule has 1 heterocycles. The van der Waals surface area contributed by atoms with Gasteiger partial charge in [0.1, 0.15) is 5.82 Å². The van der Waals surface area contributed by atoms with E-state index >= 15 is 0 Å². The highest BCUT2D eigenvalue weighted by Gasteiger charge is 2.03. The topological polar surface area (TPSA) is 30.7 Å². The molecule has 3 aromatic rings. The van der Waals surface area contributed by atoms with Crippen LogP contribution in [0.15, 0.2) is 60.8 Å². The van der Waals surface area contributed by atoms with Gasteiger partial charge in [0.25, 0.3) is 0 Å². The Morgan fingerprint density at radius 1 is 0.857 bits per heavy atom. The van der Waals surface area contributed by atoms with Crippen LogP contribution in [0.1, 0.15) is 16.8 Å². The summed E-state index contributed by atoms with van der Waals surface area (Å²) < 4.78 is 14.7. The van der Waals surface area contributed by atoms with Gasteiger partial charge in [-0.3, -0.25) is 0 Å². The zero-order valence-corrected chi connectivity index (χ0v) is 11.6. The van der Waals surface area contributed by atoms with Gasteiger partial charge in [-0.05, 0) is 36.1 Å². The maximum atomic E-state index is 12.8. The number of hydrogen-bond donors (Lipinski definition) is 0. The van der Waals surface area contributed by atoms with E-state index in [9.17, 15) is 4.39 Å². The first kappa shape index (κ1) is 13.5. The third-order valence-corrected chi connectivity index (χ3v) is 3.36. The van der Waals surface area contributed by atoms with Crippen LogP contribution in [0.4, 0.5) is 4.39 Å². The molecule has 4 heteroatoms. The van der Waals surface area contributed by atoms with Gasteiger partial charge < -0.3 is 0 Å². The van der Waals surface area contributed by atoms with Gasteiger partial charge in [0.15, 0.2) is 0 Å². The van der Waals surface area contributed by atoms with Gasteiger partial charge in [0, 0.05) is 6.20 Å². The summed E-state index contributed by atoms with van der Waals surface area (Å²) in [5, 5.41) is 8.33. The Morgan fingerprint density at radius 2 is 1.62 bits per heavy atom. The zero-order chi connectivity index (χ0) is 14.5. The van der Waals surface area contributed by atoms with Crippen molar-refractivity contribution in [2.24, 2.45) is 0 Å². The van der Waals surface area contributed by atoms with Crippen LogP contribution >= 0.6 is 0 Å². The maximum absolute atomic E-state index is 12.8. The van der Waals surface area contributed by atoms with Gasteiger partial charge in [0.05, 0.1) is 12.2 Å². The average Bonchev–Trinajstić information content (AvgIpc) is 2.95. The molecule has 0 atom stereocenters. The summed E-state index contributed by atoms with van der Waals surface area (Å²) in [6, 6.07) is 16.8. The molecular weight excluding hydrogens is 265 g/mol. The lowest BCUT2D eigenvalue weighted by molar-refractivity contribution is 0.627. The Bertz CT molecular complexity index is 690. The molecule has 0 bridgehead atoms. The van der Waals surface area contributed by atoms with Crippen molar-refractivity contribution in [2.75, 3.05) is 0 Å². The first-order valence-corrected chi connectivity index (χ1v) is 6.97. The van der Waals surface area contributed by atoms with E-state index in [0.717, 1.165) is 30.6 Å². The summed E-state index contributed by atoms with van der Waals surface area (Å²) in [7, 11) is 0. The molecule has 1 aromatic heterocycles. The highest BCUT2D eigenvalue weighted by Crippen LogP contribution is 2.08. The molecule has 0 aliphatic rings. The molecule has 0 radical (unpaired) electrons. The summed E-state index contributed by atoms with van der Waals surface area (Å²) in [4.78, 5) is 0. The van der Waals surface area contributed by atoms with Crippen LogP contribution in [-0.2, 0) is 19.4 Å². The van der Waals surface area contributed by atoms with Crippen LogP contribution in [0.5, 0.6) is 0 Å². The average molecular weight is 281 g/mol. The first-order valence-electron chi connectivity index (χ1n) is 6.97. The number of aromatic nitrogens is 3. The Kier molecular flexibility index (Phi) is 4.05. The van der Waals surface area contributed by atoms with E-state index in [0.29, 0.717) is 0 Å².